The predicted molar refractivity (Wildman–Crippen MR) is 104 cm³/mol. The minimum atomic E-state index is -0.668. The van der Waals surface area contributed by atoms with Gasteiger partial charge >= 0.3 is 5.97 Å². The summed E-state index contributed by atoms with van der Waals surface area (Å²) in [5, 5.41) is 9.75. The van der Waals surface area contributed by atoms with Crippen LogP contribution in [0.25, 0.3) is 0 Å². The van der Waals surface area contributed by atoms with E-state index in [0.717, 1.165) is 11.1 Å². The van der Waals surface area contributed by atoms with E-state index in [4.69, 9.17) is 0 Å². The molecule has 0 aliphatic carbocycles. The summed E-state index contributed by atoms with van der Waals surface area (Å²) in [6, 6.07) is 19.8. The Labute approximate surface area is 160 Å². The van der Waals surface area contributed by atoms with Crippen LogP contribution in [0.15, 0.2) is 60.7 Å². The molecule has 1 amide bonds. The van der Waals surface area contributed by atoms with Crippen LogP contribution in [-0.4, -0.2) is 48.2 Å². The first-order chi connectivity index (χ1) is 13.0. The van der Waals surface area contributed by atoms with Crippen LogP contribution in [0.3, 0.4) is 0 Å². The summed E-state index contributed by atoms with van der Waals surface area (Å²) in [6.07, 6.45) is -0.295. The molecule has 144 valence electrons. The molecule has 1 N–H and O–H groups in total. The molecule has 5 heteroatoms. The number of methoxy groups -OCH3 is 1. The predicted octanol–water partition coefficient (Wildman–Crippen LogP) is 2.98. The first kappa shape index (κ1) is 20.6. The van der Waals surface area contributed by atoms with Crippen LogP contribution in [0.4, 0.5) is 0 Å². The maximum Gasteiger partial charge on any atom is 0.307 e. The summed E-state index contributed by atoms with van der Waals surface area (Å²) in [5.74, 6) is -0.562. The number of esters is 1. The summed E-state index contributed by atoms with van der Waals surface area (Å²) in [7, 11) is 1.32. The Morgan fingerprint density at radius 2 is 1.52 bits per heavy atom. The highest BCUT2D eigenvalue weighted by Gasteiger charge is 2.23. The fourth-order valence-corrected chi connectivity index (χ4v) is 3.07. The van der Waals surface area contributed by atoms with Crippen LogP contribution < -0.4 is 0 Å². The number of aliphatic hydroxyl groups excluding tert-OH is 1. The number of benzene rings is 2. The van der Waals surface area contributed by atoms with Gasteiger partial charge in [0.2, 0.25) is 5.91 Å². The van der Waals surface area contributed by atoms with E-state index in [2.05, 4.69) is 4.74 Å². The molecule has 0 aliphatic heterocycles. The summed E-state index contributed by atoms with van der Waals surface area (Å²) in [4.78, 5) is 26.0. The third-order valence-electron chi connectivity index (χ3n) is 4.43. The Bertz CT molecular complexity index is 676. The van der Waals surface area contributed by atoms with Crippen LogP contribution in [0.5, 0.6) is 0 Å². The molecule has 2 aromatic carbocycles. The van der Waals surface area contributed by atoms with Crippen LogP contribution in [-0.2, 0) is 14.3 Å². The highest BCUT2D eigenvalue weighted by atomic mass is 16.5. The number of nitrogens with zero attached hydrogens (tertiary/aromatic N) is 1. The van der Waals surface area contributed by atoms with Gasteiger partial charge in [0.15, 0.2) is 0 Å². The molecule has 2 rings (SSSR count). The van der Waals surface area contributed by atoms with E-state index in [1.165, 1.54) is 7.11 Å². The van der Waals surface area contributed by atoms with E-state index in [1.54, 1.807) is 11.8 Å². The lowest BCUT2D eigenvalue weighted by atomic mass is 9.88. The summed E-state index contributed by atoms with van der Waals surface area (Å²) >= 11 is 0. The maximum absolute atomic E-state index is 13.0. The standard InChI is InChI=1S/C22H27NO4/c1-17(24)16-23(14-13-22(26)27-2)21(25)15-20(18-9-5-3-6-10-18)19-11-7-4-8-12-19/h3-12,17,20,24H,13-16H2,1-2H3. The second-order valence-corrected chi connectivity index (χ2v) is 6.59. The number of hydrogen-bond acceptors (Lipinski definition) is 4. The first-order valence-electron chi connectivity index (χ1n) is 9.13. The largest absolute Gasteiger partial charge is 0.469 e. The van der Waals surface area contributed by atoms with Crippen LogP contribution >= 0.6 is 0 Å². The van der Waals surface area contributed by atoms with Gasteiger partial charge in [0.25, 0.3) is 0 Å². The molecule has 0 bridgehead atoms. The van der Waals surface area contributed by atoms with Gasteiger partial charge in [-0.25, -0.2) is 0 Å². The Morgan fingerprint density at radius 3 is 1.96 bits per heavy atom. The van der Waals surface area contributed by atoms with E-state index in [9.17, 15) is 14.7 Å². The molecule has 1 atom stereocenters. The smallest absolute Gasteiger partial charge is 0.307 e. The van der Waals surface area contributed by atoms with Crippen molar-refractivity contribution in [3.8, 4) is 0 Å². The average Bonchev–Trinajstić information content (AvgIpc) is 2.69. The Hall–Kier alpha value is -2.66. The maximum atomic E-state index is 13.0. The lowest BCUT2D eigenvalue weighted by Gasteiger charge is -2.26. The number of carbonyl (C=O) groups excluding carboxylic acids is 2. The zero-order valence-electron chi connectivity index (χ0n) is 15.9. The van der Waals surface area contributed by atoms with Gasteiger partial charge < -0.3 is 14.7 Å². The zero-order valence-corrected chi connectivity index (χ0v) is 15.9. The average molecular weight is 369 g/mol. The number of ether oxygens (including phenoxy) is 1. The number of carbonyl (C=O) groups is 2. The van der Waals surface area contributed by atoms with Crippen molar-refractivity contribution in [1.82, 2.24) is 4.90 Å². The van der Waals surface area contributed by atoms with E-state index in [1.807, 2.05) is 60.7 Å². The third kappa shape index (κ3) is 6.53. The molecule has 1 unspecified atom stereocenters. The number of rotatable bonds is 9. The Morgan fingerprint density at radius 1 is 1.00 bits per heavy atom. The van der Waals surface area contributed by atoms with Crippen molar-refractivity contribution in [2.24, 2.45) is 0 Å². The number of aliphatic hydroxyl groups is 1. The highest BCUT2D eigenvalue weighted by Crippen LogP contribution is 2.28. The van der Waals surface area contributed by atoms with Gasteiger partial charge in [-0.05, 0) is 18.1 Å². The molecule has 5 nitrogen and oxygen atoms in total. The molecule has 27 heavy (non-hydrogen) atoms. The molecule has 0 aromatic heterocycles. The van der Waals surface area contributed by atoms with E-state index >= 15 is 0 Å². The summed E-state index contributed by atoms with van der Waals surface area (Å²) in [6.45, 7) is 2.04. The van der Waals surface area contributed by atoms with Crippen LogP contribution in [0.2, 0.25) is 0 Å². The van der Waals surface area contributed by atoms with Crippen molar-refractivity contribution < 1.29 is 19.4 Å². The van der Waals surface area contributed by atoms with E-state index in [0.29, 0.717) is 0 Å². The lowest BCUT2D eigenvalue weighted by Crippen LogP contribution is -2.38. The fraction of sp³-hybridized carbons (Fsp3) is 0.364. The van der Waals surface area contributed by atoms with Gasteiger partial charge in [-0.15, -0.1) is 0 Å². The number of hydrogen-bond donors (Lipinski definition) is 1. The van der Waals surface area contributed by atoms with Gasteiger partial charge in [0.05, 0.1) is 19.6 Å². The third-order valence-corrected chi connectivity index (χ3v) is 4.43. The topological polar surface area (TPSA) is 66.8 Å². The highest BCUT2D eigenvalue weighted by molar-refractivity contribution is 5.78. The van der Waals surface area contributed by atoms with Crippen molar-refractivity contribution in [3.63, 3.8) is 0 Å². The molecule has 2 aromatic rings. The number of amides is 1. The van der Waals surface area contributed by atoms with Crippen molar-refractivity contribution in [2.45, 2.75) is 31.8 Å². The second kappa shape index (κ2) is 10.5. The quantitative estimate of drug-likeness (QED) is 0.690. The van der Waals surface area contributed by atoms with Crippen LogP contribution in [0, 0.1) is 0 Å². The molecular formula is C22H27NO4. The van der Waals surface area contributed by atoms with E-state index in [-0.39, 0.29) is 43.7 Å². The van der Waals surface area contributed by atoms with Crippen molar-refractivity contribution in [1.29, 1.82) is 0 Å². The van der Waals surface area contributed by atoms with Gasteiger partial charge in [0, 0.05) is 25.4 Å². The summed E-state index contributed by atoms with van der Waals surface area (Å²) in [5.41, 5.74) is 2.11. The van der Waals surface area contributed by atoms with Crippen molar-refractivity contribution in [3.05, 3.63) is 71.8 Å². The van der Waals surface area contributed by atoms with Crippen LogP contribution in [0.1, 0.15) is 36.8 Å². The molecule has 0 aliphatic rings. The zero-order chi connectivity index (χ0) is 19.6. The fourth-order valence-electron chi connectivity index (χ4n) is 3.07. The van der Waals surface area contributed by atoms with Gasteiger partial charge in [-0.1, -0.05) is 60.7 Å². The Kier molecular flexibility index (Phi) is 8.01. The van der Waals surface area contributed by atoms with Gasteiger partial charge in [-0.2, -0.15) is 0 Å². The molecule has 0 saturated carbocycles. The van der Waals surface area contributed by atoms with Crippen molar-refractivity contribution >= 4 is 11.9 Å². The van der Waals surface area contributed by atoms with Gasteiger partial charge in [-0.3, -0.25) is 9.59 Å². The molecule has 0 heterocycles. The normalized spacial score (nSPS) is 11.9. The molecular weight excluding hydrogens is 342 g/mol. The van der Waals surface area contributed by atoms with E-state index < -0.39 is 6.10 Å². The van der Waals surface area contributed by atoms with Gasteiger partial charge in [0.1, 0.15) is 0 Å². The molecule has 0 fully saturated rings. The molecule has 0 spiro atoms. The van der Waals surface area contributed by atoms with Crippen molar-refractivity contribution in [2.75, 3.05) is 20.2 Å². The molecule has 0 radical (unpaired) electrons. The first-order valence-corrected chi connectivity index (χ1v) is 9.13. The Balaban J connectivity index is 2.20. The lowest BCUT2D eigenvalue weighted by molar-refractivity contribution is -0.142. The second-order valence-electron chi connectivity index (χ2n) is 6.59. The SMILES string of the molecule is COC(=O)CCN(CC(C)O)C(=O)CC(c1ccccc1)c1ccccc1. The monoisotopic (exact) mass is 369 g/mol. The molecule has 0 saturated heterocycles. The minimum absolute atomic E-state index is 0.0884. The summed E-state index contributed by atoms with van der Waals surface area (Å²) < 4.78 is 4.67. The minimum Gasteiger partial charge on any atom is -0.469 e.